The Labute approximate surface area is 247 Å². The summed E-state index contributed by atoms with van der Waals surface area (Å²) in [5.41, 5.74) is 2.31. The van der Waals surface area contributed by atoms with Crippen LogP contribution < -0.4 is 25.8 Å². The number of amides is 1. The van der Waals surface area contributed by atoms with Crippen molar-refractivity contribution in [2.45, 2.75) is 31.5 Å². The Morgan fingerprint density at radius 1 is 1.12 bits per heavy atom. The smallest absolute Gasteiger partial charge is 0.279 e. The Bertz CT molecular complexity index is 1800. The van der Waals surface area contributed by atoms with Gasteiger partial charge in [0.2, 0.25) is 5.58 Å². The summed E-state index contributed by atoms with van der Waals surface area (Å²) in [5.74, 6) is 1.19. The lowest BCUT2D eigenvalue weighted by molar-refractivity contribution is 0.00718. The number of aromatic nitrogens is 4. The number of anilines is 3. The standard InChI is InChI=1S/C31H31N7O5/c1-37(18-19-9-11-20(41-2)12-10-19)23-17-25(33-22-7-6-16-38(31(22)40)26-8-4-5-15-32-26)35-27-28(36-43-29(23)27)30(39)34-21-13-14-24(21)42-3/h4-12,15-17,21,24H,13-14,18H2,1-3H3,(H,33,35)(H,34,39)/t21-,24-/m1/s1. The average molecular weight is 582 g/mol. The molecule has 220 valence electrons. The first-order valence-corrected chi connectivity index (χ1v) is 13.8. The number of fused-ring (bicyclic) bond motifs is 1. The van der Waals surface area contributed by atoms with E-state index in [2.05, 4.69) is 20.8 Å². The van der Waals surface area contributed by atoms with Crippen LogP contribution in [0.2, 0.25) is 0 Å². The molecule has 0 aliphatic heterocycles. The summed E-state index contributed by atoms with van der Waals surface area (Å²) in [5, 5.41) is 10.2. The summed E-state index contributed by atoms with van der Waals surface area (Å²) in [4.78, 5) is 37.7. The van der Waals surface area contributed by atoms with Crippen molar-refractivity contribution in [1.82, 2.24) is 25.0 Å². The molecule has 0 bridgehead atoms. The van der Waals surface area contributed by atoms with Crippen molar-refractivity contribution in [3.8, 4) is 11.6 Å². The van der Waals surface area contributed by atoms with Gasteiger partial charge in [0.05, 0.1) is 24.9 Å². The highest BCUT2D eigenvalue weighted by Gasteiger charge is 2.34. The van der Waals surface area contributed by atoms with E-state index in [-0.39, 0.29) is 34.6 Å². The zero-order valence-electron chi connectivity index (χ0n) is 24.0. The summed E-state index contributed by atoms with van der Waals surface area (Å²) in [7, 11) is 5.16. The molecule has 12 nitrogen and oxygen atoms in total. The maximum Gasteiger partial charge on any atom is 0.279 e. The minimum Gasteiger partial charge on any atom is -0.497 e. The SMILES string of the molecule is COc1ccc(CN(C)c2cc(Nc3cccn(-c4ccccn4)c3=O)nc3c(C(=O)N[C@@H]4CC[C@H]4OC)noc23)cc1. The van der Waals surface area contributed by atoms with E-state index in [0.29, 0.717) is 29.5 Å². The van der Waals surface area contributed by atoms with Crippen LogP contribution in [-0.4, -0.2) is 59.0 Å². The van der Waals surface area contributed by atoms with E-state index in [4.69, 9.17) is 19.0 Å². The minimum absolute atomic E-state index is 0.0437. The third-order valence-electron chi connectivity index (χ3n) is 7.55. The highest BCUT2D eigenvalue weighted by atomic mass is 16.5. The summed E-state index contributed by atoms with van der Waals surface area (Å²) in [6.07, 6.45) is 4.92. The van der Waals surface area contributed by atoms with Gasteiger partial charge in [-0.25, -0.2) is 9.97 Å². The first kappa shape index (κ1) is 27.9. The Morgan fingerprint density at radius 3 is 2.65 bits per heavy atom. The molecule has 4 heterocycles. The molecule has 0 saturated heterocycles. The van der Waals surface area contributed by atoms with Crippen molar-refractivity contribution in [2.75, 3.05) is 31.5 Å². The van der Waals surface area contributed by atoms with Gasteiger partial charge in [0.1, 0.15) is 28.6 Å². The number of ether oxygens (including phenoxy) is 2. The maximum atomic E-state index is 13.4. The molecule has 6 rings (SSSR count). The molecule has 1 fully saturated rings. The number of pyridine rings is 3. The lowest BCUT2D eigenvalue weighted by atomic mass is 9.89. The van der Waals surface area contributed by atoms with Gasteiger partial charge in [-0.1, -0.05) is 23.4 Å². The van der Waals surface area contributed by atoms with Gasteiger partial charge in [-0.15, -0.1) is 0 Å². The van der Waals surface area contributed by atoms with Crippen LogP contribution in [0.5, 0.6) is 5.75 Å². The summed E-state index contributed by atoms with van der Waals surface area (Å²) in [6.45, 7) is 0.514. The molecule has 4 aromatic heterocycles. The number of hydrogen-bond donors (Lipinski definition) is 2. The van der Waals surface area contributed by atoms with E-state index in [1.165, 1.54) is 4.57 Å². The number of nitrogens with zero attached hydrogens (tertiary/aromatic N) is 5. The van der Waals surface area contributed by atoms with Crippen molar-refractivity contribution < 1.29 is 18.8 Å². The fraction of sp³-hybridized carbons (Fsp3) is 0.258. The third-order valence-corrected chi connectivity index (χ3v) is 7.55. The second kappa shape index (κ2) is 11.9. The monoisotopic (exact) mass is 581 g/mol. The van der Waals surface area contributed by atoms with Gasteiger partial charge in [0.25, 0.3) is 11.5 Å². The quantitative estimate of drug-likeness (QED) is 0.248. The predicted octanol–water partition coefficient (Wildman–Crippen LogP) is 4.06. The highest BCUT2D eigenvalue weighted by molar-refractivity contribution is 6.05. The van der Waals surface area contributed by atoms with E-state index < -0.39 is 5.91 Å². The van der Waals surface area contributed by atoms with Crippen LogP contribution in [0.1, 0.15) is 28.9 Å². The molecule has 1 aromatic carbocycles. The Kier molecular flexibility index (Phi) is 7.75. The van der Waals surface area contributed by atoms with E-state index >= 15 is 0 Å². The molecule has 1 aliphatic rings. The van der Waals surface area contributed by atoms with Gasteiger partial charge in [-0.3, -0.25) is 14.2 Å². The molecule has 12 heteroatoms. The van der Waals surface area contributed by atoms with Crippen LogP contribution in [0.25, 0.3) is 16.9 Å². The lowest BCUT2D eigenvalue weighted by Gasteiger charge is -2.35. The number of benzene rings is 1. The highest BCUT2D eigenvalue weighted by Crippen LogP contribution is 2.32. The van der Waals surface area contributed by atoms with Gasteiger partial charge in [0.15, 0.2) is 5.69 Å². The maximum absolute atomic E-state index is 13.4. The normalized spacial score (nSPS) is 16.0. The molecule has 5 aromatic rings. The molecule has 0 spiro atoms. The Balaban J connectivity index is 1.38. The molecule has 1 saturated carbocycles. The van der Waals surface area contributed by atoms with Crippen LogP contribution in [-0.2, 0) is 11.3 Å². The predicted molar refractivity (Wildman–Crippen MR) is 161 cm³/mol. The number of nitrogens with one attached hydrogen (secondary N) is 2. The summed E-state index contributed by atoms with van der Waals surface area (Å²) in [6, 6.07) is 18.1. The molecular weight excluding hydrogens is 550 g/mol. The molecule has 2 N–H and O–H groups in total. The average Bonchev–Trinajstić information content (AvgIpc) is 3.45. The van der Waals surface area contributed by atoms with E-state index in [0.717, 1.165) is 24.2 Å². The van der Waals surface area contributed by atoms with E-state index in [9.17, 15) is 9.59 Å². The van der Waals surface area contributed by atoms with Crippen LogP contribution in [0.4, 0.5) is 17.2 Å². The third kappa shape index (κ3) is 5.64. The van der Waals surface area contributed by atoms with Gasteiger partial charge in [-0.05, 0) is 54.8 Å². The topological polar surface area (TPSA) is 137 Å². The van der Waals surface area contributed by atoms with Gasteiger partial charge in [-0.2, -0.15) is 0 Å². The number of methoxy groups -OCH3 is 2. The van der Waals surface area contributed by atoms with Crippen molar-refractivity contribution >= 4 is 34.2 Å². The number of rotatable bonds is 10. The van der Waals surface area contributed by atoms with Crippen LogP contribution in [0.3, 0.4) is 0 Å². The van der Waals surface area contributed by atoms with Crippen LogP contribution in [0, 0.1) is 0 Å². The minimum atomic E-state index is -0.406. The molecule has 0 radical (unpaired) electrons. The summed E-state index contributed by atoms with van der Waals surface area (Å²) >= 11 is 0. The molecule has 1 amide bonds. The molecule has 1 aliphatic carbocycles. The van der Waals surface area contributed by atoms with Crippen molar-refractivity contribution in [3.63, 3.8) is 0 Å². The zero-order chi connectivity index (χ0) is 29.9. The molecular formula is C31H31N7O5. The Morgan fingerprint density at radius 2 is 1.95 bits per heavy atom. The Hall–Kier alpha value is -5.23. The second-order valence-corrected chi connectivity index (χ2v) is 10.3. The first-order valence-electron chi connectivity index (χ1n) is 13.8. The van der Waals surface area contributed by atoms with E-state index in [1.54, 1.807) is 56.9 Å². The van der Waals surface area contributed by atoms with Crippen molar-refractivity contribution in [2.24, 2.45) is 0 Å². The first-order chi connectivity index (χ1) is 20.9. The second-order valence-electron chi connectivity index (χ2n) is 10.3. The van der Waals surface area contributed by atoms with Gasteiger partial charge < -0.3 is 29.5 Å². The summed E-state index contributed by atoms with van der Waals surface area (Å²) < 4.78 is 17.9. The van der Waals surface area contributed by atoms with Crippen molar-refractivity contribution in [3.05, 3.63) is 94.7 Å². The van der Waals surface area contributed by atoms with Gasteiger partial charge in [0, 0.05) is 39.2 Å². The fourth-order valence-electron chi connectivity index (χ4n) is 5.05. The fourth-order valence-corrected chi connectivity index (χ4v) is 5.05. The number of carbonyl (C=O) groups excluding carboxylic acids is 1. The molecule has 2 atom stereocenters. The van der Waals surface area contributed by atoms with Gasteiger partial charge >= 0.3 is 0 Å². The number of hydrogen-bond acceptors (Lipinski definition) is 10. The number of carbonyl (C=O) groups is 1. The largest absolute Gasteiger partial charge is 0.497 e. The lowest BCUT2D eigenvalue weighted by Crippen LogP contribution is -2.51. The molecule has 0 unspecified atom stereocenters. The van der Waals surface area contributed by atoms with Crippen molar-refractivity contribution in [1.29, 1.82) is 0 Å². The molecule has 43 heavy (non-hydrogen) atoms. The van der Waals surface area contributed by atoms with Crippen LogP contribution in [0.15, 0.2) is 82.4 Å². The van der Waals surface area contributed by atoms with E-state index in [1.807, 2.05) is 42.3 Å². The van der Waals surface area contributed by atoms with Crippen LogP contribution >= 0.6 is 0 Å². The zero-order valence-corrected chi connectivity index (χ0v) is 24.0.